The third-order valence-corrected chi connectivity index (χ3v) is 3.83. The molecule has 0 aliphatic carbocycles. The Morgan fingerprint density at radius 1 is 1.30 bits per heavy atom. The van der Waals surface area contributed by atoms with Crippen molar-refractivity contribution < 1.29 is 0 Å². The Bertz CT molecular complexity index is 402. The second-order valence-corrected chi connectivity index (χ2v) is 6.25. The highest BCUT2D eigenvalue weighted by atomic mass is 127. The van der Waals surface area contributed by atoms with Crippen molar-refractivity contribution in [1.82, 2.24) is 15.6 Å². The number of guanidine groups is 1. The molecule has 116 valence electrons. The van der Waals surface area contributed by atoms with E-state index in [1.54, 1.807) is 18.4 Å². The average molecular weight is 410 g/mol. The van der Waals surface area contributed by atoms with Gasteiger partial charge in [-0.05, 0) is 5.92 Å². The molecule has 0 unspecified atom stereocenters. The summed E-state index contributed by atoms with van der Waals surface area (Å²) in [6, 6.07) is 0. The highest BCUT2D eigenvalue weighted by molar-refractivity contribution is 14.0. The molecular weight excluding hydrogens is 383 g/mol. The van der Waals surface area contributed by atoms with Crippen molar-refractivity contribution >= 4 is 41.3 Å². The lowest BCUT2D eigenvalue weighted by molar-refractivity contribution is 0.614. The lowest BCUT2D eigenvalue weighted by atomic mass is 10.2. The lowest BCUT2D eigenvalue weighted by Gasteiger charge is -2.12. The maximum atomic E-state index is 4.62. The van der Waals surface area contributed by atoms with Crippen LogP contribution < -0.4 is 10.6 Å². The number of aromatic nitrogens is 1. The van der Waals surface area contributed by atoms with E-state index in [1.165, 1.54) is 10.7 Å². The van der Waals surface area contributed by atoms with Crippen molar-refractivity contribution in [2.75, 3.05) is 20.1 Å². The molecule has 0 aliphatic heterocycles. The summed E-state index contributed by atoms with van der Waals surface area (Å²) >= 11 is 1.75. The van der Waals surface area contributed by atoms with Crippen LogP contribution in [0.1, 0.15) is 44.3 Å². The van der Waals surface area contributed by atoms with Gasteiger partial charge in [0.1, 0.15) is 0 Å². The predicted octanol–water partition coefficient (Wildman–Crippen LogP) is 3.25. The maximum absolute atomic E-state index is 4.62. The molecule has 0 fully saturated rings. The predicted molar refractivity (Wildman–Crippen MR) is 99.5 cm³/mol. The second-order valence-electron chi connectivity index (χ2n) is 5.36. The lowest BCUT2D eigenvalue weighted by Crippen LogP contribution is -2.39. The van der Waals surface area contributed by atoms with Crippen LogP contribution in [0.5, 0.6) is 0 Å². The van der Waals surface area contributed by atoms with Crippen LogP contribution in [0.15, 0.2) is 10.4 Å². The molecule has 0 aromatic carbocycles. The van der Waals surface area contributed by atoms with Gasteiger partial charge >= 0.3 is 0 Å². The summed E-state index contributed by atoms with van der Waals surface area (Å²) in [4.78, 5) is 8.83. The van der Waals surface area contributed by atoms with Crippen molar-refractivity contribution in [1.29, 1.82) is 0 Å². The van der Waals surface area contributed by atoms with Crippen molar-refractivity contribution in [3.8, 4) is 0 Å². The Kier molecular flexibility index (Phi) is 10.2. The van der Waals surface area contributed by atoms with Crippen molar-refractivity contribution in [3.63, 3.8) is 0 Å². The summed E-state index contributed by atoms with van der Waals surface area (Å²) in [7, 11) is 1.80. The maximum Gasteiger partial charge on any atom is 0.190 e. The molecule has 1 rings (SSSR count). The number of hydrogen-bond acceptors (Lipinski definition) is 3. The van der Waals surface area contributed by atoms with Gasteiger partial charge in [-0.15, -0.1) is 35.3 Å². The van der Waals surface area contributed by atoms with Crippen molar-refractivity contribution in [2.24, 2.45) is 10.9 Å². The minimum absolute atomic E-state index is 0. The highest BCUT2D eigenvalue weighted by Gasteiger charge is 2.06. The van der Waals surface area contributed by atoms with Gasteiger partial charge in [0, 0.05) is 37.9 Å². The van der Waals surface area contributed by atoms with E-state index in [0.29, 0.717) is 11.8 Å². The fraction of sp³-hybridized carbons (Fsp3) is 0.714. The van der Waals surface area contributed by atoms with Gasteiger partial charge in [-0.25, -0.2) is 4.98 Å². The van der Waals surface area contributed by atoms with Crippen LogP contribution in [0.25, 0.3) is 0 Å². The van der Waals surface area contributed by atoms with Crippen molar-refractivity contribution in [2.45, 2.75) is 40.0 Å². The number of halogens is 1. The molecule has 1 aromatic heterocycles. The van der Waals surface area contributed by atoms with Crippen LogP contribution in [0.2, 0.25) is 0 Å². The standard InChI is InChI=1S/C14H26N4S.HI/c1-10(2)8-17-14(15-5)16-7-6-12-9-19-13(18-12)11(3)4;/h9-11H,6-8H2,1-5H3,(H2,15,16,17);1H. The fourth-order valence-electron chi connectivity index (χ4n) is 1.53. The van der Waals surface area contributed by atoms with Gasteiger partial charge < -0.3 is 10.6 Å². The van der Waals surface area contributed by atoms with Gasteiger partial charge in [-0.3, -0.25) is 4.99 Å². The van der Waals surface area contributed by atoms with Gasteiger partial charge in [0.05, 0.1) is 10.7 Å². The third kappa shape index (κ3) is 7.42. The topological polar surface area (TPSA) is 49.3 Å². The molecule has 0 bridgehead atoms. The summed E-state index contributed by atoms with van der Waals surface area (Å²) in [5, 5.41) is 9.99. The molecule has 20 heavy (non-hydrogen) atoms. The summed E-state index contributed by atoms with van der Waals surface area (Å²) in [6.07, 6.45) is 0.936. The molecule has 0 spiro atoms. The van der Waals surface area contributed by atoms with E-state index in [2.05, 4.69) is 53.7 Å². The van der Waals surface area contributed by atoms with Crippen molar-refractivity contribution in [3.05, 3.63) is 16.1 Å². The first-order valence-corrected chi connectivity index (χ1v) is 7.79. The number of aliphatic imine (C=N–C) groups is 1. The van der Waals surface area contributed by atoms with Gasteiger partial charge in [-0.1, -0.05) is 27.7 Å². The highest BCUT2D eigenvalue weighted by Crippen LogP contribution is 2.19. The Morgan fingerprint density at radius 3 is 2.50 bits per heavy atom. The Balaban J connectivity index is 0.00000361. The average Bonchev–Trinajstić information content (AvgIpc) is 2.82. The normalized spacial score (nSPS) is 11.7. The van der Waals surface area contributed by atoms with E-state index in [-0.39, 0.29) is 24.0 Å². The number of nitrogens with one attached hydrogen (secondary N) is 2. The quantitative estimate of drug-likeness (QED) is 0.430. The molecule has 6 heteroatoms. The minimum atomic E-state index is 0. The van der Waals surface area contributed by atoms with E-state index >= 15 is 0 Å². The van der Waals surface area contributed by atoms with Crippen LogP contribution >= 0.6 is 35.3 Å². The first-order valence-electron chi connectivity index (χ1n) is 6.91. The van der Waals surface area contributed by atoms with Crippen LogP contribution in [0.3, 0.4) is 0 Å². The Labute approximate surface area is 143 Å². The molecule has 1 aromatic rings. The smallest absolute Gasteiger partial charge is 0.190 e. The summed E-state index contributed by atoms with van der Waals surface area (Å²) in [5.41, 5.74) is 1.17. The molecule has 0 aliphatic rings. The second kappa shape index (κ2) is 10.4. The number of hydrogen-bond donors (Lipinski definition) is 2. The van der Waals surface area contributed by atoms with Gasteiger partial charge in [-0.2, -0.15) is 0 Å². The Hall–Kier alpha value is -0.370. The zero-order valence-electron chi connectivity index (χ0n) is 13.1. The number of thiazole rings is 1. The molecule has 0 saturated carbocycles. The third-order valence-electron chi connectivity index (χ3n) is 2.64. The van der Waals surface area contributed by atoms with E-state index < -0.39 is 0 Å². The first-order chi connectivity index (χ1) is 9.02. The van der Waals surface area contributed by atoms with Gasteiger partial charge in [0.2, 0.25) is 0 Å². The number of rotatable bonds is 6. The zero-order valence-corrected chi connectivity index (χ0v) is 16.2. The summed E-state index contributed by atoms with van der Waals surface area (Å²) in [5.74, 6) is 2.01. The van der Waals surface area contributed by atoms with Crippen LogP contribution in [0, 0.1) is 5.92 Å². The molecular formula is C14H27IN4S. The van der Waals surface area contributed by atoms with Crippen LogP contribution in [-0.4, -0.2) is 31.1 Å². The van der Waals surface area contributed by atoms with E-state index in [1.807, 2.05) is 0 Å². The van der Waals surface area contributed by atoms with Gasteiger partial charge in [0.25, 0.3) is 0 Å². The molecule has 2 N–H and O–H groups in total. The molecule has 0 saturated heterocycles. The molecule has 1 heterocycles. The zero-order chi connectivity index (χ0) is 14.3. The molecule has 0 amide bonds. The molecule has 0 radical (unpaired) electrons. The summed E-state index contributed by atoms with van der Waals surface area (Å²) in [6.45, 7) is 10.5. The van der Waals surface area contributed by atoms with E-state index in [4.69, 9.17) is 0 Å². The molecule has 0 atom stereocenters. The van der Waals surface area contributed by atoms with E-state index in [0.717, 1.165) is 25.5 Å². The fourth-order valence-corrected chi connectivity index (χ4v) is 2.40. The number of nitrogens with zero attached hydrogens (tertiary/aromatic N) is 2. The first kappa shape index (κ1) is 19.6. The van der Waals surface area contributed by atoms with E-state index in [9.17, 15) is 0 Å². The van der Waals surface area contributed by atoms with Crippen LogP contribution in [-0.2, 0) is 6.42 Å². The minimum Gasteiger partial charge on any atom is -0.356 e. The van der Waals surface area contributed by atoms with Crippen LogP contribution in [0.4, 0.5) is 0 Å². The SMILES string of the molecule is CN=C(NCCc1csc(C(C)C)n1)NCC(C)C.I. The van der Waals surface area contributed by atoms with Gasteiger partial charge in [0.15, 0.2) is 5.96 Å². The monoisotopic (exact) mass is 410 g/mol. The summed E-state index contributed by atoms with van der Waals surface area (Å²) < 4.78 is 0. The Morgan fingerprint density at radius 2 is 2.00 bits per heavy atom. The molecule has 4 nitrogen and oxygen atoms in total. The largest absolute Gasteiger partial charge is 0.356 e.